The van der Waals surface area contributed by atoms with Crippen LogP contribution in [-0.2, 0) is 0 Å². The van der Waals surface area contributed by atoms with Crippen LogP contribution >= 0.6 is 0 Å². The number of aromatic nitrogens is 1. The van der Waals surface area contributed by atoms with Gasteiger partial charge in [0.25, 0.3) is 0 Å². The van der Waals surface area contributed by atoms with Gasteiger partial charge in [-0.1, -0.05) is 244 Å². The summed E-state index contributed by atoms with van der Waals surface area (Å²) < 4.78 is 2.52. The van der Waals surface area contributed by atoms with Crippen LogP contribution in [0.3, 0.4) is 0 Å². The number of anilines is 1. The molecule has 2 nitrogen and oxygen atoms in total. The maximum atomic E-state index is 2.52. The molecule has 2 heteroatoms. The second kappa shape index (κ2) is 22.9. The number of fused-ring (bicyclic) bond motifs is 5. The molecule has 1 aliphatic carbocycles. The third-order valence-corrected chi connectivity index (χ3v) is 14.5. The summed E-state index contributed by atoms with van der Waals surface area (Å²) in [4.78, 5) is 2.41. The lowest BCUT2D eigenvalue weighted by Gasteiger charge is -2.27. The zero-order chi connectivity index (χ0) is 51.6. The highest BCUT2D eigenvalue weighted by molar-refractivity contribution is 6.23. The molecule has 0 spiro atoms. The van der Waals surface area contributed by atoms with Gasteiger partial charge in [-0.05, 0) is 147 Å². The summed E-state index contributed by atoms with van der Waals surface area (Å²) in [6.45, 7) is 6.54. The van der Waals surface area contributed by atoms with Crippen LogP contribution in [0.5, 0.6) is 0 Å². The Morgan fingerprint density at radius 3 is 1.74 bits per heavy atom. The molecule has 0 aliphatic heterocycles. The molecule has 1 aliphatic rings. The van der Waals surface area contributed by atoms with Crippen molar-refractivity contribution in [1.29, 1.82) is 0 Å². The lowest BCUT2D eigenvalue weighted by Crippen LogP contribution is -2.27. The van der Waals surface area contributed by atoms with Crippen molar-refractivity contribution in [3.8, 4) is 44.5 Å². The van der Waals surface area contributed by atoms with Gasteiger partial charge in [-0.2, -0.15) is 0 Å². The van der Waals surface area contributed by atoms with Crippen molar-refractivity contribution < 1.29 is 0 Å². The van der Waals surface area contributed by atoms with Gasteiger partial charge in [0.05, 0.1) is 17.1 Å². The van der Waals surface area contributed by atoms with Gasteiger partial charge in [-0.3, -0.25) is 0 Å². The first-order valence-corrected chi connectivity index (χ1v) is 26.8. The summed E-state index contributed by atoms with van der Waals surface area (Å²) in [7, 11) is 0. The van der Waals surface area contributed by atoms with Crippen LogP contribution in [0.15, 0.2) is 291 Å². The summed E-state index contributed by atoms with van der Waals surface area (Å²) in [5.74, 6) is 0. The van der Waals surface area contributed by atoms with Crippen LogP contribution < -0.4 is 4.90 Å². The van der Waals surface area contributed by atoms with E-state index < -0.39 is 0 Å². The lowest BCUT2D eigenvalue weighted by molar-refractivity contribution is 0.938. The SMILES string of the molecule is C\C=C/C(=C\C=C\N(c1ccc(-c2cc(-c3ccccc3)cc(-c3ccccc3)c2)cc1)C1C=CC=CC(c2cc3ccccc3c3c2c2ccccc2n3/C(=C/C=C\CC)CC)=C1)c1ccc(-c2ccccc2)cc1. The molecular formula is C74H62N2. The second-order valence-corrected chi connectivity index (χ2v) is 19.3. The highest BCUT2D eigenvalue weighted by Crippen LogP contribution is 2.43. The normalized spacial score (nSPS) is 14.2. The number of hydrogen-bond acceptors (Lipinski definition) is 1. The quantitative estimate of drug-likeness (QED) is 0.0930. The standard InChI is InChI=1S/C74H62N2/c1-4-7-11-35-66(6-3)76-72-39-23-22-38-70(72)73-71(53-62-33-19-21-37-69(62)74(73)76)61-32-18-20-36-68(52-61)75(48-24-34-54(25-5-2)58-40-42-59(43-41-58)55-26-12-8-13-27-55)67-46-44-60(45-47-67)65-50-63(56-28-14-9-15-29-56)49-64(51-65)57-30-16-10-17-31-57/h5,7-53,68H,4,6H2,1-3H3/b11-7-,25-5-,48-24+,54-34+,66-35+. The summed E-state index contributed by atoms with van der Waals surface area (Å²) >= 11 is 0. The van der Waals surface area contributed by atoms with E-state index in [0.717, 1.165) is 35.2 Å². The molecule has 0 fully saturated rings. The van der Waals surface area contributed by atoms with Crippen LogP contribution in [-0.4, -0.2) is 10.6 Å². The van der Waals surface area contributed by atoms with Gasteiger partial charge in [0, 0.05) is 33.7 Å². The Morgan fingerprint density at radius 2 is 1.11 bits per heavy atom. The molecule has 1 unspecified atom stereocenters. The van der Waals surface area contributed by atoms with Crippen LogP contribution in [0.1, 0.15) is 44.7 Å². The average molecular weight is 979 g/mol. The molecule has 0 saturated heterocycles. The van der Waals surface area contributed by atoms with Gasteiger partial charge in [0.15, 0.2) is 0 Å². The first-order chi connectivity index (χ1) is 37.6. The Bertz CT molecular complexity index is 3850. The van der Waals surface area contributed by atoms with Crippen LogP contribution in [0.2, 0.25) is 0 Å². The Balaban J connectivity index is 1.05. The van der Waals surface area contributed by atoms with E-state index in [1.54, 1.807) is 0 Å². The third kappa shape index (κ3) is 10.3. The molecule has 11 rings (SSSR count). The maximum Gasteiger partial charge on any atom is 0.0712 e. The Kier molecular flexibility index (Phi) is 14.8. The van der Waals surface area contributed by atoms with E-state index in [9.17, 15) is 0 Å². The van der Waals surface area contributed by atoms with Gasteiger partial charge in [-0.25, -0.2) is 0 Å². The fraction of sp³-hybridized carbons (Fsp3) is 0.0811. The van der Waals surface area contributed by atoms with Crippen molar-refractivity contribution in [2.75, 3.05) is 4.90 Å². The minimum Gasteiger partial charge on any atom is -0.338 e. The minimum absolute atomic E-state index is 0.137. The summed E-state index contributed by atoms with van der Waals surface area (Å²) in [5.41, 5.74) is 19.0. The number of para-hydroxylation sites is 1. The van der Waals surface area contributed by atoms with Gasteiger partial charge in [0.2, 0.25) is 0 Å². The molecule has 0 N–H and O–H groups in total. The van der Waals surface area contributed by atoms with Gasteiger partial charge < -0.3 is 9.47 Å². The molecule has 1 heterocycles. The summed E-state index contributed by atoms with van der Waals surface area (Å²) in [6, 6.07) is 77.1. The highest BCUT2D eigenvalue weighted by Gasteiger charge is 2.22. The molecule has 0 radical (unpaired) electrons. The summed E-state index contributed by atoms with van der Waals surface area (Å²) in [5, 5.41) is 4.98. The van der Waals surface area contributed by atoms with Crippen molar-refractivity contribution in [3.05, 3.63) is 303 Å². The Hall–Kier alpha value is -9.24. The van der Waals surface area contributed by atoms with Crippen molar-refractivity contribution in [3.63, 3.8) is 0 Å². The first kappa shape index (κ1) is 49.0. The molecule has 10 aromatic rings. The van der Waals surface area contributed by atoms with Gasteiger partial charge >= 0.3 is 0 Å². The molecular weight excluding hydrogens is 917 g/mol. The van der Waals surface area contributed by atoms with Crippen molar-refractivity contribution in [2.24, 2.45) is 0 Å². The highest BCUT2D eigenvalue weighted by atomic mass is 15.1. The Morgan fingerprint density at radius 1 is 0.539 bits per heavy atom. The van der Waals surface area contributed by atoms with E-state index in [2.05, 4.69) is 322 Å². The predicted octanol–water partition coefficient (Wildman–Crippen LogP) is 20.4. The van der Waals surface area contributed by atoms with E-state index in [-0.39, 0.29) is 6.04 Å². The number of nitrogens with zero attached hydrogens (tertiary/aromatic N) is 2. The monoisotopic (exact) mass is 978 g/mol. The van der Waals surface area contributed by atoms with Crippen LogP contribution in [0.25, 0.3) is 93.9 Å². The topological polar surface area (TPSA) is 8.17 Å². The average Bonchev–Trinajstić information content (AvgIpc) is 3.71. The second-order valence-electron chi connectivity index (χ2n) is 19.3. The number of hydrogen-bond donors (Lipinski definition) is 0. The molecule has 1 aromatic heterocycles. The molecule has 0 saturated carbocycles. The zero-order valence-electron chi connectivity index (χ0n) is 43.6. The van der Waals surface area contributed by atoms with Crippen molar-refractivity contribution in [2.45, 2.75) is 39.7 Å². The fourth-order valence-electron chi connectivity index (χ4n) is 10.7. The van der Waals surface area contributed by atoms with E-state index >= 15 is 0 Å². The lowest BCUT2D eigenvalue weighted by atomic mass is 9.93. The Labute approximate surface area is 449 Å². The van der Waals surface area contributed by atoms with Crippen molar-refractivity contribution in [1.82, 2.24) is 4.57 Å². The van der Waals surface area contributed by atoms with Crippen LogP contribution in [0.4, 0.5) is 5.69 Å². The molecule has 1 atom stereocenters. The number of rotatable bonds is 15. The van der Waals surface area contributed by atoms with Gasteiger partial charge in [0.1, 0.15) is 0 Å². The maximum absolute atomic E-state index is 2.52. The first-order valence-electron chi connectivity index (χ1n) is 26.8. The molecule has 9 aromatic carbocycles. The summed E-state index contributed by atoms with van der Waals surface area (Å²) in [6.07, 6.45) is 31.1. The largest absolute Gasteiger partial charge is 0.338 e. The molecule has 0 bridgehead atoms. The predicted molar refractivity (Wildman–Crippen MR) is 330 cm³/mol. The van der Waals surface area contributed by atoms with E-state index in [4.69, 9.17) is 0 Å². The van der Waals surface area contributed by atoms with Crippen LogP contribution in [0, 0.1) is 0 Å². The number of allylic oxidation sites excluding steroid dienone is 13. The van der Waals surface area contributed by atoms with E-state index in [1.165, 1.54) is 88.4 Å². The van der Waals surface area contributed by atoms with Crippen molar-refractivity contribution >= 4 is 55.1 Å². The smallest absolute Gasteiger partial charge is 0.0712 e. The van der Waals surface area contributed by atoms with E-state index in [1.807, 2.05) is 0 Å². The third-order valence-electron chi connectivity index (χ3n) is 14.5. The molecule has 76 heavy (non-hydrogen) atoms. The van der Waals surface area contributed by atoms with Gasteiger partial charge in [-0.15, -0.1) is 0 Å². The van der Waals surface area contributed by atoms with E-state index in [0.29, 0.717) is 0 Å². The number of benzene rings is 9. The molecule has 368 valence electrons. The fourth-order valence-corrected chi connectivity index (χ4v) is 10.7. The molecule has 0 amide bonds. The zero-order valence-corrected chi connectivity index (χ0v) is 43.6. The minimum atomic E-state index is -0.137.